The molecule has 0 saturated heterocycles. The van der Waals surface area contributed by atoms with E-state index < -0.39 is 0 Å². The topological polar surface area (TPSA) is 59.8 Å². The standard InChI is InChI=1S/C17H17FN4OS2/c1-3-22-16(14-5-4-8-24-14)20-21-17(22)25-10-15(23)19-13-9-12(18)7-6-11(13)2/h4-9H,3,10H2,1-2H3,(H,19,23). The zero-order chi connectivity index (χ0) is 17.8. The number of benzene rings is 1. The molecule has 1 N–H and O–H groups in total. The Bertz CT molecular complexity index is 877. The first kappa shape index (κ1) is 17.6. The van der Waals surface area contributed by atoms with Crippen molar-refractivity contribution in [2.24, 2.45) is 0 Å². The highest BCUT2D eigenvalue weighted by atomic mass is 32.2. The number of carbonyl (C=O) groups excluding carboxylic acids is 1. The lowest BCUT2D eigenvalue weighted by molar-refractivity contribution is -0.113. The summed E-state index contributed by atoms with van der Waals surface area (Å²) in [5.41, 5.74) is 1.30. The van der Waals surface area contributed by atoms with Gasteiger partial charge in [-0.2, -0.15) is 0 Å². The predicted molar refractivity (Wildman–Crippen MR) is 99.5 cm³/mol. The number of aryl methyl sites for hydroxylation is 1. The molecule has 2 heterocycles. The van der Waals surface area contributed by atoms with Gasteiger partial charge in [-0.1, -0.05) is 23.9 Å². The van der Waals surface area contributed by atoms with Crippen molar-refractivity contribution in [1.82, 2.24) is 14.8 Å². The molecule has 5 nitrogen and oxygen atoms in total. The van der Waals surface area contributed by atoms with Crippen LogP contribution >= 0.6 is 23.1 Å². The quantitative estimate of drug-likeness (QED) is 0.655. The molecule has 0 unspecified atom stereocenters. The van der Waals surface area contributed by atoms with E-state index >= 15 is 0 Å². The molecule has 0 atom stereocenters. The molecule has 0 aliphatic heterocycles. The second-order valence-electron chi connectivity index (χ2n) is 5.32. The Kier molecular flexibility index (Phi) is 5.50. The second-order valence-corrected chi connectivity index (χ2v) is 7.21. The number of rotatable bonds is 6. The molecule has 0 aliphatic rings. The fraction of sp³-hybridized carbons (Fsp3) is 0.235. The molecular weight excluding hydrogens is 359 g/mol. The van der Waals surface area contributed by atoms with Crippen LogP contribution in [0.15, 0.2) is 40.9 Å². The Hall–Kier alpha value is -2.19. The number of halogens is 1. The summed E-state index contributed by atoms with van der Waals surface area (Å²) in [7, 11) is 0. The summed E-state index contributed by atoms with van der Waals surface area (Å²) < 4.78 is 15.3. The van der Waals surface area contributed by atoms with Gasteiger partial charge in [-0.15, -0.1) is 21.5 Å². The Morgan fingerprint density at radius 2 is 2.20 bits per heavy atom. The van der Waals surface area contributed by atoms with Crippen molar-refractivity contribution in [3.8, 4) is 10.7 Å². The van der Waals surface area contributed by atoms with Crippen LogP contribution in [0.1, 0.15) is 12.5 Å². The molecular formula is C17H17FN4OS2. The molecule has 0 radical (unpaired) electrons. The summed E-state index contributed by atoms with van der Waals surface area (Å²) in [6, 6.07) is 8.29. The molecule has 0 fully saturated rings. The number of anilines is 1. The summed E-state index contributed by atoms with van der Waals surface area (Å²) in [4.78, 5) is 13.2. The van der Waals surface area contributed by atoms with E-state index in [1.807, 2.05) is 35.9 Å². The Balaban J connectivity index is 1.67. The van der Waals surface area contributed by atoms with E-state index in [2.05, 4.69) is 15.5 Å². The number of nitrogens with one attached hydrogen (secondary N) is 1. The van der Waals surface area contributed by atoms with Gasteiger partial charge in [-0.3, -0.25) is 4.79 Å². The lowest BCUT2D eigenvalue weighted by Crippen LogP contribution is -2.15. The van der Waals surface area contributed by atoms with E-state index in [9.17, 15) is 9.18 Å². The maximum absolute atomic E-state index is 13.3. The maximum atomic E-state index is 13.3. The van der Waals surface area contributed by atoms with E-state index in [-0.39, 0.29) is 17.5 Å². The molecule has 2 aromatic heterocycles. The molecule has 130 valence electrons. The molecule has 3 rings (SSSR count). The molecule has 1 aromatic carbocycles. The summed E-state index contributed by atoms with van der Waals surface area (Å²) in [5.74, 6) is 0.404. The first-order valence-corrected chi connectivity index (χ1v) is 9.61. The van der Waals surface area contributed by atoms with Gasteiger partial charge in [0.25, 0.3) is 0 Å². The largest absolute Gasteiger partial charge is 0.325 e. The van der Waals surface area contributed by atoms with Crippen molar-refractivity contribution in [3.63, 3.8) is 0 Å². The van der Waals surface area contributed by atoms with E-state index in [0.29, 0.717) is 17.4 Å². The molecule has 0 spiro atoms. The van der Waals surface area contributed by atoms with Crippen molar-refractivity contribution >= 4 is 34.7 Å². The lowest BCUT2D eigenvalue weighted by Gasteiger charge is -2.09. The first-order chi connectivity index (χ1) is 12.1. The van der Waals surface area contributed by atoms with E-state index in [1.54, 1.807) is 17.4 Å². The summed E-state index contributed by atoms with van der Waals surface area (Å²) in [6.07, 6.45) is 0. The van der Waals surface area contributed by atoms with Crippen LogP contribution in [0, 0.1) is 12.7 Å². The fourth-order valence-corrected chi connectivity index (χ4v) is 3.83. The fourth-order valence-electron chi connectivity index (χ4n) is 2.31. The third-order valence-corrected chi connectivity index (χ3v) is 5.41. The summed E-state index contributed by atoms with van der Waals surface area (Å²) >= 11 is 2.92. The SMILES string of the molecule is CCn1c(SCC(=O)Nc2cc(F)ccc2C)nnc1-c1cccs1. The zero-order valence-corrected chi connectivity index (χ0v) is 15.5. The average molecular weight is 376 g/mol. The van der Waals surface area contributed by atoms with Crippen molar-refractivity contribution in [2.75, 3.05) is 11.1 Å². The molecule has 0 aliphatic carbocycles. The number of carbonyl (C=O) groups is 1. The van der Waals surface area contributed by atoms with Crippen LogP contribution in [0.2, 0.25) is 0 Å². The maximum Gasteiger partial charge on any atom is 0.234 e. The van der Waals surface area contributed by atoms with Crippen molar-refractivity contribution in [2.45, 2.75) is 25.5 Å². The van der Waals surface area contributed by atoms with Gasteiger partial charge in [-0.05, 0) is 43.0 Å². The monoisotopic (exact) mass is 376 g/mol. The van der Waals surface area contributed by atoms with Crippen molar-refractivity contribution in [3.05, 3.63) is 47.1 Å². The van der Waals surface area contributed by atoms with Gasteiger partial charge in [0.05, 0.1) is 10.6 Å². The number of thioether (sulfide) groups is 1. The Labute approximate surface area is 153 Å². The minimum atomic E-state index is -0.375. The number of aromatic nitrogens is 3. The average Bonchev–Trinajstić information content (AvgIpc) is 3.24. The molecule has 8 heteroatoms. The van der Waals surface area contributed by atoms with Gasteiger partial charge in [0, 0.05) is 12.2 Å². The zero-order valence-electron chi connectivity index (χ0n) is 13.8. The number of hydrogen-bond donors (Lipinski definition) is 1. The lowest BCUT2D eigenvalue weighted by atomic mass is 10.2. The van der Waals surface area contributed by atoms with Crippen LogP contribution in [0.3, 0.4) is 0 Å². The van der Waals surface area contributed by atoms with Gasteiger partial charge in [-0.25, -0.2) is 4.39 Å². The smallest absolute Gasteiger partial charge is 0.234 e. The summed E-state index contributed by atoms with van der Waals surface area (Å²) in [5, 5.41) is 13.9. The number of nitrogens with zero attached hydrogens (tertiary/aromatic N) is 3. The first-order valence-electron chi connectivity index (χ1n) is 7.74. The molecule has 0 saturated carbocycles. The van der Waals surface area contributed by atoms with Gasteiger partial charge < -0.3 is 9.88 Å². The molecule has 0 bridgehead atoms. The van der Waals surface area contributed by atoms with Crippen LogP contribution in [0.4, 0.5) is 10.1 Å². The van der Waals surface area contributed by atoms with Gasteiger partial charge in [0.2, 0.25) is 5.91 Å². The van der Waals surface area contributed by atoms with E-state index in [1.165, 1.54) is 23.9 Å². The number of amides is 1. The minimum absolute atomic E-state index is 0.179. The highest BCUT2D eigenvalue weighted by molar-refractivity contribution is 7.99. The van der Waals surface area contributed by atoms with Crippen LogP contribution in [0.25, 0.3) is 10.7 Å². The third kappa shape index (κ3) is 4.08. The van der Waals surface area contributed by atoms with Gasteiger partial charge in [0.15, 0.2) is 11.0 Å². The summed E-state index contributed by atoms with van der Waals surface area (Å²) in [6.45, 7) is 4.55. The van der Waals surface area contributed by atoms with Gasteiger partial charge >= 0.3 is 0 Å². The highest BCUT2D eigenvalue weighted by Gasteiger charge is 2.15. The highest BCUT2D eigenvalue weighted by Crippen LogP contribution is 2.27. The number of thiophene rings is 1. The Morgan fingerprint density at radius 3 is 2.92 bits per heavy atom. The molecule has 1 amide bonds. The molecule has 3 aromatic rings. The number of hydrogen-bond acceptors (Lipinski definition) is 5. The van der Waals surface area contributed by atoms with Crippen LogP contribution < -0.4 is 5.32 Å². The van der Waals surface area contributed by atoms with Crippen molar-refractivity contribution in [1.29, 1.82) is 0 Å². The third-order valence-electron chi connectivity index (χ3n) is 3.58. The minimum Gasteiger partial charge on any atom is -0.325 e. The molecule has 25 heavy (non-hydrogen) atoms. The van der Waals surface area contributed by atoms with Crippen LogP contribution in [-0.2, 0) is 11.3 Å². The van der Waals surface area contributed by atoms with Crippen molar-refractivity contribution < 1.29 is 9.18 Å². The predicted octanol–water partition coefficient (Wildman–Crippen LogP) is 4.20. The van der Waals surface area contributed by atoms with Crippen LogP contribution in [0.5, 0.6) is 0 Å². The van der Waals surface area contributed by atoms with Gasteiger partial charge in [0.1, 0.15) is 5.82 Å². The normalized spacial score (nSPS) is 10.8. The second kappa shape index (κ2) is 7.79. The van der Waals surface area contributed by atoms with E-state index in [0.717, 1.165) is 16.3 Å². The Morgan fingerprint density at radius 1 is 1.36 bits per heavy atom. The van der Waals surface area contributed by atoms with Crippen LogP contribution in [-0.4, -0.2) is 26.4 Å². The van der Waals surface area contributed by atoms with E-state index in [4.69, 9.17) is 0 Å².